The number of aryl methyl sites for hydroxylation is 1. The molecule has 0 fully saturated rings. The Bertz CT molecular complexity index is 583. The number of nitrogens with zero attached hydrogens (tertiary/aromatic N) is 4. The first kappa shape index (κ1) is 14.0. The molecule has 0 aliphatic rings. The van der Waals surface area contributed by atoms with Crippen LogP contribution in [0.3, 0.4) is 0 Å². The summed E-state index contributed by atoms with van der Waals surface area (Å²) in [5, 5.41) is 0. The van der Waals surface area contributed by atoms with Crippen LogP contribution in [0.15, 0.2) is 24.3 Å². The first-order valence-corrected chi connectivity index (χ1v) is 6.44. The number of nitrogen functional groups attached to an aromatic ring is 1. The smallest absolute Gasteiger partial charge is 0.323 e. The number of rotatable bonds is 4. The van der Waals surface area contributed by atoms with Crippen LogP contribution in [0.1, 0.15) is 19.4 Å². The second kappa shape index (κ2) is 5.73. The molecule has 0 spiro atoms. The van der Waals surface area contributed by atoms with E-state index in [1.165, 1.54) is 5.56 Å². The number of benzene rings is 1. The Morgan fingerprint density at radius 3 is 2.35 bits per heavy atom. The average molecular weight is 273 g/mol. The summed E-state index contributed by atoms with van der Waals surface area (Å²) < 4.78 is 5.47. The van der Waals surface area contributed by atoms with Crippen molar-refractivity contribution in [3.8, 4) is 6.01 Å². The van der Waals surface area contributed by atoms with E-state index < -0.39 is 0 Å². The minimum atomic E-state index is -0.0191. The van der Waals surface area contributed by atoms with Crippen molar-refractivity contribution in [1.29, 1.82) is 0 Å². The van der Waals surface area contributed by atoms with Crippen LogP contribution in [-0.2, 0) is 0 Å². The molecule has 6 heteroatoms. The van der Waals surface area contributed by atoms with Crippen molar-refractivity contribution in [2.45, 2.75) is 26.9 Å². The molecule has 2 aromatic rings. The van der Waals surface area contributed by atoms with E-state index >= 15 is 0 Å². The number of ether oxygens (including phenoxy) is 1. The van der Waals surface area contributed by atoms with E-state index in [2.05, 4.69) is 15.0 Å². The maximum Gasteiger partial charge on any atom is 0.323 e. The monoisotopic (exact) mass is 273 g/mol. The van der Waals surface area contributed by atoms with E-state index in [0.29, 0.717) is 5.95 Å². The number of anilines is 3. The van der Waals surface area contributed by atoms with Gasteiger partial charge in [-0.15, -0.1) is 0 Å². The number of hydrogen-bond acceptors (Lipinski definition) is 6. The Kier molecular flexibility index (Phi) is 4.02. The van der Waals surface area contributed by atoms with Crippen LogP contribution in [-0.4, -0.2) is 28.1 Å². The summed E-state index contributed by atoms with van der Waals surface area (Å²) in [6.07, 6.45) is -0.0191. The molecule has 0 aliphatic heterocycles. The van der Waals surface area contributed by atoms with Gasteiger partial charge in [0.25, 0.3) is 0 Å². The summed E-state index contributed by atoms with van der Waals surface area (Å²) in [6.45, 7) is 5.85. The first-order valence-electron chi connectivity index (χ1n) is 6.44. The lowest BCUT2D eigenvalue weighted by molar-refractivity contribution is 0.222. The highest BCUT2D eigenvalue weighted by Gasteiger charge is 2.12. The molecule has 1 aromatic heterocycles. The van der Waals surface area contributed by atoms with Crippen LogP contribution in [0.25, 0.3) is 0 Å². The fraction of sp³-hybridized carbons (Fsp3) is 0.357. The molecule has 0 unspecified atom stereocenters. The Balaban J connectivity index is 2.31. The maximum atomic E-state index is 5.71. The van der Waals surface area contributed by atoms with Gasteiger partial charge in [-0.05, 0) is 32.9 Å². The lowest BCUT2D eigenvalue weighted by Crippen LogP contribution is -2.17. The van der Waals surface area contributed by atoms with E-state index in [-0.39, 0.29) is 18.1 Å². The summed E-state index contributed by atoms with van der Waals surface area (Å²) >= 11 is 0. The lowest BCUT2D eigenvalue weighted by atomic mass is 10.2. The van der Waals surface area contributed by atoms with Gasteiger partial charge in [-0.25, -0.2) is 0 Å². The molecule has 0 atom stereocenters. The van der Waals surface area contributed by atoms with Crippen molar-refractivity contribution in [2.75, 3.05) is 17.7 Å². The van der Waals surface area contributed by atoms with Crippen molar-refractivity contribution in [2.24, 2.45) is 0 Å². The molecule has 6 nitrogen and oxygen atoms in total. The van der Waals surface area contributed by atoms with E-state index in [9.17, 15) is 0 Å². The van der Waals surface area contributed by atoms with E-state index in [0.717, 1.165) is 5.69 Å². The third-order valence-electron chi connectivity index (χ3n) is 2.68. The highest BCUT2D eigenvalue weighted by atomic mass is 16.5. The molecule has 0 bridgehead atoms. The second-order valence-electron chi connectivity index (χ2n) is 4.84. The highest BCUT2D eigenvalue weighted by Crippen LogP contribution is 2.22. The van der Waals surface area contributed by atoms with Gasteiger partial charge in [0.15, 0.2) is 0 Å². The SMILES string of the molecule is Cc1ccc(N(C)c2nc(N)nc(OC(C)C)n2)cc1. The van der Waals surface area contributed by atoms with Crippen LogP contribution in [0.5, 0.6) is 6.01 Å². The summed E-state index contributed by atoms with van der Waals surface area (Å²) in [4.78, 5) is 14.2. The van der Waals surface area contributed by atoms with Gasteiger partial charge < -0.3 is 15.4 Å². The molecule has 2 N–H and O–H groups in total. The minimum absolute atomic E-state index is 0.0191. The zero-order valence-corrected chi connectivity index (χ0v) is 12.2. The van der Waals surface area contributed by atoms with E-state index in [1.54, 1.807) is 0 Å². The summed E-state index contributed by atoms with van der Waals surface area (Å²) in [7, 11) is 1.87. The second-order valence-corrected chi connectivity index (χ2v) is 4.84. The zero-order chi connectivity index (χ0) is 14.7. The Hall–Kier alpha value is -2.37. The third kappa shape index (κ3) is 3.34. The highest BCUT2D eigenvalue weighted by molar-refractivity contribution is 5.57. The van der Waals surface area contributed by atoms with Crippen molar-refractivity contribution in [3.63, 3.8) is 0 Å². The first-order chi connectivity index (χ1) is 9.45. The van der Waals surface area contributed by atoms with Gasteiger partial charge in [0, 0.05) is 12.7 Å². The number of nitrogens with two attached hydrogens (primary N) is 1. The molecule has 0 amide bonds. The zero-order valence-electron chi connectivity index (χ0n) is 12.2. The van der Waals surface area contributed by atoms with Gasteiger partial charge in [-0.1, -0.05) is 17.7 Å². The molecule has 20 heavy (non-hydrogen) atoms. The van der Waals surface area contributed by atoms with Crippen LogP contribution < -0.4 is 15.4 Å². The van der Waals surface area contributed by atoms with Gasteiger partial charge in [-0.3, -0.25) is 0 Å². The number of hydrogen-bond donors (Lipinski definition) is 1. The average Bonchev–Trinajstić information content (AvgIpc) is 2.37. The Morgan fingerprint density at radius 2 is 1.75 bits per heavy atom. The van der Waals surface area contributed by atoms with Crippen LogP contribution in [0.2, 0.25) is 0 Å². The van der Waals surface area contributed by atoms with Gasteiger partial charge in [0.05, 0.1) is 6.10 Å². The van der Waals surface area contributed by atoms with Gasteiger partial charge in [0.1, 0.15) is 0 Å². The Morgan fingerprint density at radius 1 is 1.10 bits per heavy atom. The summed E-state index contributed by atoms with van der Waals surface area (Å²) in [5.74, 6) is 0.599. The topological polar surface area (TPSA) is 77.2 Å². The molecule has 2 rings (SSSR count). The van der Waals surface area contributed by atoms with E-state index in [4.69, 9.17) is 10.5 Å². The fourth-order valence-electron chi connectivity index (χ4n) is 1.66. The molecule has 1 heterocycles. The third-order valence-corrected chi connectivity index (χ3v) is 2.68. The summed E-state index contributed by atoms with van der Waals surface area (Å²) in [6, 6.07) is 8.29. The fourth-order valence-corrected chi connectivity index (χ4v) is 1.66. The molecular formula is C14H19N5O. The molecule has 1 aromatic carbocycles. The maximum absolute atomic E-state index is 5.71. The molecule has 0 aliphatic carbocycles. The molecular weight excluding hydrogens is 254 g/mol. The van der Waals surface area contributed by atoms with Crippen molar-refractivity contribution >= 4 is 17.6 Å². The lowest BCUT2D eigenvalue weighted by Gasteiger charge is -2.18. The molecule has 0 radical (unpaired) electrons. The molecule has 0 saturated carbocycles. The van der Waals surface area contributed by atoms with Crippen molar-refractivity contribution < 1.29 is 4.74 Å². The largest absolute Gasteiger partial charge is 0.461 e. The van der Waals surface area contributed by atoms with Gasteiger partial charge in [0.2, 0.25) is 11.9 Å². The standard InChI is InChI=1S/C14H19N5O/c1-9(2)20-14-17-12(15)16-13(18-14)19(4)11-7-5-10(3)6-8-11/h5-9H,1-4H3,(H2,15,16,17,18). The van der Waals surface area contributed by atoms with E-state index in [1.807, 2.05) is 57.0 Å². The van der Waals surface area contributed by atoms with Gasteiger partial charge in [-0.2, -0.15) is 15.0 Å². The van der Waals surface area contributed by atoms with Gasteiger partial charge >= 0.3 is 6.01 Å². The van der Waals surface area contributed by atoms with Crippen LogP contribution in [0.4, 0.5) is 17.6 Å². The molecule has 106 valence electrons. The quantitative estimate of drug-likeness (QED) is 0.921. The predicted octanol–water partition coefficient (Wildman–Crippen LogP) is 2.32. The van der Waals surface area contributed by atoms with Crippen molar-refractivity contribution in [3.05, 3.63) is 29.8 Å². The van der Waals surface area contributed by atoms with Crippen molar-refractivity contribution in [1.82, 2.24) is 15.0 Å². The summed E-state index contributed by atoms with van der Waals surface area (Å²) in [5.41, 5.74) is 7.87. The Labute approximate surface area is 118 Å². The molecule has 0 saturated heterocycles. The normalized spacial score (nSPS) is 10.7. The predicted molar refractivity (Wildman–Crippen MR) is 79.2 cm³/mol. The number of aromatic nitrogens is 3. The van der Waals surface area contributed by atoms with Crippen LogP contribution in [0, 0.1) is 6.92 Å². The van der Waals surface area contributed by atoms with Crippen LogP contribution >= 0.6 is 0 Å². The minimum Gasteiger partial charge on any atom is -0.461 e.